The number of hydrogen-bond donors (Lipinski definition) is 2. The Balaban J connectivity index is 1.17. The van der Waals surface area contributed by atoms with Gasteiger partial charge in [0.15, 0.2) is 12.7 Å². The van der Waals surface area contributed by atoms with Gasteiger partial charge in [0.1, 0.15) is 18.8 Å². The minimum absolute atomic E-state index is 0.0180. The van der Waals surface area contributed by atoms with Gasteiger partial charge in [0.05, 0.1) is 12.2 Å². The molecule has 0 aliphatic carbocycles. The van der Waals surface area contributed by atoms with Crippen LogP contribution >= 0.6 is 7.82 Å². The molecule has 1 aliphatic heterocycles. The van der Waals surface area contributed by atoms with Gasteiger partial charge in [-0.15, -0.1) is 0 Å². The Hall–Kier alpha value is -2.03. The summed E-state index contributed by atoms with van der Waals surface area (Å²) in [7, 11) is -4.28. The van der Waals surface area contributed by atoms with Gasteiger partial charge in [0.2, 0.25) is 5.52 Å². The average molecular weight is 692 g/mol. The molecule has 0 spiro atoms. The molecule has 2 N–H and O–H groups in total. The fourth-order valence-electron chi connectivity index (χ4n) is 6.49. The van der Waals surface area contributed by atoms with Crippen molar-refractivity contribution in [2.45, 2.75) is 154 Å². The van der Waals surface area contributed by atoms with Crippen LogP contribution in [-0.4, -0.2) is 48.6 Å². The molecule has 1 aromatic carbocycles. The minimum atomic E-state index is -4.28. The lowest BCUT2D eigenvalue weighted by molar-refractivity contribution is -0.672. The number of nitrogens with one attached hydrogen (secondary N) is 1. The second kappa shape index (κ2) is 21.9. The molecule has 2 heterocycles. The number of nitrogens with zero attached hydrogens (tertiary/aromatic N) is 1. The summed E-state index contributed by atoms with van der Waals surface area (Å²) in [6.07, 6.45) is 23.8. The summed E-state index contributed by atoms with van der Waals surface area (Å²) >= 11 is 0. The molecule has 0 saturated carbocycles. The molecule has 0 bridgehead atoms. The number of carbonyl (C=O) groups excluding carboxylic acids is 1. The SMILES string of the molecule is CCCCCCCCCCCCCCCCCCNC(=O)OC[C@]1(C)CC[C@](C)(COP(=O)(O)OCC[n+]2cccc3ccccc32)O1. The molecule has 1 fully saturated rings. The van der Waals surface area contributed by atoms with Crippen molar-refractivity contribution in [3.8, 4) is 0 Å². The van der Waals surface area contributed by atoms with E-state index in [-0.39, 0.29) is 19.8 Å². The highest BCUT2D eigenvalue weighted by Crippen LogP contribution is 2.46. The smallest absolute Gasteiger partial charge is 0.447 e. The van der Waals surface area contributed by atoms with Crippen LogP contribution in [0.25, 0.3) is 10.9 Å². The van der Waals surface area contributed by atoms with Crippen LogP contribution in [0.1, 0.15) is 136 Å². The number of unbranched alkanes of at least 4 members (excludes halogenated alkanes) is 15. The van der Waals surface area contributed by atoms with Crippen LogP contribution in [0, 0.1) is 0 Å². The van der Waals surface area contributed by atoms with Gasteiger partial charge in [-0.2, -0.15) is 4.57 Å². The molecular weight excluding hydrogens is 627 g/mol. The van der Waals surface area contributed by atoms with E-state index in [1.807, 2.05) is 61.0 Å². The van der Waals surface area contributed by atoms with E-state index < -0.39 is 25.1 Å². The molecule has 1 aromatic heterocycles. The van der Waals surface area contributed by atoms with Crippen molar-refractivity contribution in [1.29, 1.82) is 0 Å². The number of phosphoric ester groups is 1. The van der Waals surface area contributed by atoms with Crippen LogP contribution in [0.3, 0.4) is 0 Å². The van der Waals surface area contributed by atoms with Crippen LogP contribution in [0.15, 0.2) is 42.6 Å². The topological polar surface area (TPSA) is 107 Å². The number of phosphoric acid groups is 1. The van der Waals surface area contributed by atoms with E-state index in [9.17, 15) is 14.3 Å². The molecule has 3 rings (SSSR count). The fraction of sp³-hybridized carbons (Fsp3) is 0.737. The van der Waals surface area contributed by atoms with Gasteiger partial charge in [-0.25, -0.2) is 9.36 Å². The predicted octanol–water partition coefficient (Wildman–Crippen LogP) is 9.58. The standard InChI is InChI=1S/C38H63N2O7P/c1-4-5-6-7-8-9-10-11-12-13-14-15-16-17-18-21-28-39-36(41)44-32-37(2)26-27-38(3,47-37)33-46-48(42,43)45-31-30-40-29-22-24-34-23-19-20-25-35(34)40/h19-20,22-25,29H,4-18,21,26-28,30-33H2,1-3H3,(H-,39,41,42,43)/p+1/t37-,38+/m0/s1. The van der Waals surface area contributed by atoms with Crippen molar-refractivity contribution >= 4 is 24.8 Å². The summed E-state index contributed by atoms with van der Waals surface area (Å²) in [5.74, 6) is 0. The number of rotatable bonds is 26. The molecule has 10 heteroatoms. The lowest BCUT2D eigenvalue weighted by Gasteiger charge is -2.30. The number of amides is 1. The molecule has 272 valence electrons. The summed E-state index contributed by atoms with van der Waals surface area (Å²) < 4.78 is 36.9. The Labute approximate surface area is 290 Å². The largest absolute Gasteiger partial charge is 0.472 e. The second-order valence-electron chi connectivity index (χ2n) is 14.1. The van der Waals surface area contributed by atoms with Crippen molar-refractivity contribution < 1.29 is 37.3 Å². The average Bonchev–Trinajstić information content (AvgIpc) is 3.39. The third kappa shape index (κ3) is 16.1. The van der Waals surface area contributed by atoms with E-state index in [1.54, 1.807) is 0 Å². The fourth-order valence-corrected chi connectivity index (χ4v) is 7.31. The number of fused-ring (bicyclic) bond motifs is 1. The number of benzene rings is 1. The van der Waals surface area contributed by atoms with Gasteiger partial charge in [0.25, 0.3) is 0 Å². The van der Waals surface area contributed by atoms with Gasteiger partial charge in [-0.1, -0.05) is 115 Å². The van der Waals surface area contributed by atoms with Crippen LogP contribution in [0.4, 0.5) is 4.79 Å². The van der Waals surface area contributed by atoms with Gasteiger partial charge in [-0.3, -0.25) is 9.05 Å². The molecule has 1 amide bonds. The Morgan fingerprint density at radius 1 is 0.812 bits per heavy atom. The Morgan fingerprint density at radius 2 is 1.35 bits per heavy atom. The number of ether oxygens (including phenoxy) is 2. The van der Waals surface area contributed by atoms with E-state index in [2.05, 4.69) is 12.2 Å². The lowest BCUT2D eigenvalue weighted by atomic mass is 9.99. The molecule has 3 atom stereocenters. The zero-order chi connectivity index (χ0) is 34.6. The highest BCUT2D eigenvalue weighted by Gasteiger charge is 2.46. The quantitative estimate of drug-likeness (QED) is 0.0575. The number of hydrogen-bond acceptors (Lipinski definition) is 6. The molecule has 1 saturated heterocycles. The first-order valence-corrected chi connectivity index (χ1v) is 20.2. The van der Waals surface area contributed by atoms with Crippen molar-refractivity contribution in [1.82, 2.24) is 5.32 Å². The van der Waals surface area contributed by atoms with Crippen molar-refractivity contribution in [2.75, 3.05) is 26.4 Å². The zero-order valence-corrected chi connectivity index (χ0v) is 31.0. The number of aromatic nitrogens is 1. The molecule has 2 aromatic rings. The summed E-state index contributed by atoms with van der Waals surface area (Å²) in [4.78, 5) is 22.6. The summed E-state index contributed by atoms with van der Waals surface area (Å²) in [6.45, 7) is 7.01. The second-order valence-corrected chi connectivity index (χ2v) is 15.6. The highest BCUT2D eigenvalue weighted by molar-refractivity contribution is 7.47. The van der Waals surface area contributed by atoms with Gasteiger partial charge in [-0.05, 0) is 45.2 Å². The third-order valence-electron chi connectivity index (χ3n) is 9.39. The Bertz CT molecular complexity index is 1240. The van der Waals surface area contributed by atoms with E-state index in [0.29, 0.717) is 25.9 Å². The minimum Gasteiger partial charge on any atom is -0.447 e. The van der Waals surface area contributed by atoms with E-state index in [0.717, 1.165) is 23.7 Å². The first kappa shape index (κ1) is 40.4. The third-order valence-corrected chi connectivity index (χ3v) is 10.4. The number of pyridine rings is 1. The van der Waals surface area contributed by atoms with Crippen LogP contribution < -0.4 is 9.88 Å². The van der Waals surface area contributed by atoms with Gasteiger partial charge in [0, 0.05) is 24.1 Å². The maximum Gasteiger partial charge on any atom is 0.472 e. The van der Waals surface area contributed by atoms with Crippen molar-refractivity contribution in [2.24, 2.45) is 0 Å². The van der Waals surface area contributed by atoms with Crippen LogP contribution in [0.2, 0.25) is 0 Å². The summed E-state index contributed by atoms with van der Waals surface area (Å²) in [5.41, 5.74) is -0.483. The van der Waals surface area contributed by atoms with E-state index in [4.69, 9.17) is 18.5 Å². The first-order chi connectivity index (χ1) is 23.1. The zero-order valence-electron chi connectivity index (χ0n) is 30.1. The maximum absolute atomic E-state index is 12.6. The number of alkyl carbamates (subject to hydrolysis) is 1. The monoisotopic (exact) mass is 691 g/mol. The van der Waals surface area contributed by atoms with Crippen molar-refractivity contribution in [3.05, 3.63) is 42.6 Å². The molecule has 9 nitrogen and oxygen atoms in total. The van der Waals surface area contributed by atoms with Crippen LogP contribution in [-0.2, 0) is 29.6 Å². The molecule has 1 aliphatic rings. The first-order valence-electron chi connectivity index (χ1n) is 18.7. The van der Waals surface area contributed by atoms with Gasteiger partial charge >= 0.3 is 13.9 Å². The number of carbonyl (C=O) groups is 1. The summed E-state index contributed by atoms with van der Waals surface area (Å²) in [6, 6.07) is 11.9. The summed E-state index contributed by atoms with van der Waals surface area (Å²) in [5, 5.41) is 3.93. The molecule has 0 radical (unpaired) electrons. The van der Waals surface area contributed by atoms with Crippen LogP contribution in [0.5, 0.6) is 0 Å². The van der Waals surface area contributed by atoms with E-state index >= 15 is 0 Å². The number of para-hydroxylation sites is 1. The lowest BCUT2D eigenvalue weighted by Crippen LogP contribution is -2.39. The molecule has 48 heavy (non-hydrogen) atoms. The predicted molar refractivity (Wildman–Crippen MR) is 192 cm³/mol. The highest BCUT2D eigenvalue weighted by atomic mass is 31.2. The molecular formula is C38H64N2O7P+. The Kier molecular flexibility index (Phi) is 18.5. The molecule has 1 unspecified atom stereocenters. The maximum atomic E-state index is 12.6. The van der Waals surface area contributed by atoms with E-state index in [1.165, 1.54) is 89.9 Å². The van der Waals surface area contributed by atoms with Crippen molar-refractivity contribution in [3.63, 3.8) is 0 Å². The normalized spacial score (nSPS) is 20.6. The van der Waals surface area contributed by atoms with Gasteiger partial charge < -0.3 is 19.7 Å². The Morgan fingerprint density at radius 3 is 1.98 bits per heavy atom.